The van der Waals surface area contributed by atoms with Crippen molar-refractivity contribution in [3.63, 3.8) is 0 Å². The van der Waals surface area contributed by atoms with E-state index in [1.807, 2.05) is 13.8 Å². The van der Waals surface area contributed by atoms with Gasteiger partial charge in [0.25, 0.3) is 5.91 Å². The zero-order valence-electron chi connectivity index (χ0n) is 13.9. The Labute approximate surface area is 144 Å². The fourth-order valence-electron chi connectivity index (χ4n) is 2.24. The van der Waals surface area contributed by atoms with E-state index in [1.165, 1.54) is 12.3 Å². The zero-order chi connectivity index (χ0) is 17.8. The van der Waals surface area contributed by atoms with E-state index in [0.29, 0.717) is 28.4 Å². The molecule has 0 unspecified atom stereocenters. The minimum Gasteiger partial charge on any atom is -0.507 e. The van der Waals surface area contributed by atoms with Crippen molar-refractivity contribution >= 4 is 12.1 Å². The van der Waals surface area contributed by atoms with Crippen LogP contribution in [0.5, 0.6) is 23.0 Å². The monoisotopic (exact) mass is 342 g/mol. The summed E-state index contributed by atoms with van der Waals surface area (Å²) in [6, 6.07) is 9.75. The first-order valence-corrected chi connectivity index (χ1v) is 7.75. The Morgan fingerprint density at radius 3 is 2.80 bits per heavy atom. The SMILES string of the molecule is CC(C)Oc1ccc(/C=N\NC(=O)c2ccc3c(c2)OCO3)c(O)c1. The molecule has 0 saturated carbocycles. The third kappa shape index (κ3) is 4.00. The Hall–Kier alpha value is -3.22. The van der Waals surface area contributed by atoms with Gasteiger partial charge < -0.3 is 19.3 Å². The van der Waals surface area contributed by atoms with Gasteiger partial charge in [-0.15, -0.1) is 0 Å². The van der Waals surface area contributed by atoms with Crippen LogP contribution in [0.25, 0.3) is 0 Å². The molecule has 1 aliphatic heterocycles. The summed E-state index contributed by atoms with van der Waals surface area (Å²) in [5, 5.41) is 13.8. The van der Waals surface area contributed by atoms with Crippen LogP contribution in [0.3, 0.4) is 0 Å². The normalized spacial score (nSPS) is 12.6. The highest BCUT2D eigenvalue weighted by Crippen LogP contribution is 2.32. The van der Waals surface area contributed by atoms with Crippen LogP contribution in [0.2, 0.25) is 0 Å². The standard InChI is InChI=1S/C18H18N2O5/c1-11(2)25-14-5-3-13(15(21)8-14)9-19-20-18(22)12-4-6-16-17(7-12)24-10-23-16/h3-9,11,21H,10H2,1-2H3,(H,20,22)/b19-9-. The molecule has 1 aliphatic rings. The van der Waals surface area contributed by atoms with Gasteiger partial charge in [0.05, 0.1) is 12.3 Å². The molecule has 0 aliphatic carbocycles. The van der Waals surface area contributed by atoms with Crippen LogP contribution in [-0.2, 0) is 0 Å². The third-order valence-electron chi connectivity index (χ3n) is 3.38. The van der Waals surface area contributed by atoms with Crippen molar-refractivity contribution in [2.24, 2.45) is 5.10 Å². The number of benzene rings is 2. The predicted molar refractivity (Wildman–Crippen MR) is 91.5 cm³/mol. The average molecular weight is 342 g/mol. The summed E-state index contributed by atoms with van der Waals surface area (Å²) in [4.78, 5) is 12.1. The Kier molecular flexibility index (Phi) is 4.74. The molecule has 1 heterocycles. The van der Waals surface area contributed by atoms with Crippen LogP contribution < -0.4 is 19.6 Å². The van der Waals surface area contributed by atoms with Crippen molar-refractivity contribution in [3.05, 3.63) is 47.5 Å². The van der Waals surface area contributed by atoms with E-state index >= 15 is 0 Å². The molecule has 7 heteroatoms. The van der Waals surface area contributed by atoms with Gasteiger partial charge in [-0.05, 0) is 44.2 Å². The number of aromatic hydroxyl groups is 1. The molecule has 0 bridgehead atoms. The molecule has 2 aromatic rings. The van der Waals surface area contributed by atoms with Gasteiger partial charge in [-0.2, -0.15) is 5.10 Å². The molecular formula is C18H18N2O5. The molecule has 3 rings (SSSR count). The molecule has 2 aromatic carbocycles. The molecule has 0 atom stereocenters. The topological polar surface area (TPSA) is 89.4 Å². The zero-order valence-corrected chi connectivity index (χ0v) is 13.9. The number of carbonyl (C=O) groups excluding carboxylic acids is 1. The predicted octanol–water partition coefficient (Wildman–Crippen LogP) is 2.67. The first-order valence-electron chi connectivity index (χ1n) is 7.75. The number of ether oxygens (including phenoxy) is 3. The quantitative estimate of drug-likeness (QED) is 0.644. The maximum absolute atomic E-state index is 12.1. The van der Waals surface area contributed by atoms with Crippen molar-refractivity contribution in [1.82, 2.24) is 5.43 Å². The number of carbonyl (C=O) groups is 1. The molecule has 25 heavy (non-hydrogen) atoms. The van der Waals surface area contributed by atoms with Gasteiger partial charge in [-0.1, -0.05) is 0 Å². The molecular weight excluding hydrogens is 324 g/mol. The second kappa shape index (κ2) is 7.12. The Bertz CT molecular complexity index is 817. The van der Waals surface area contributed by atoms with Gasteiger partial charge in [-0.3, -0.25) is 4.79 Å². The van der Waals surface area contributed by atoms with E-state index in [-0.39, 0.29) is 18.6 Å². The number of rotatable bonds is 5. The number of nitrogens with one attached hydrogen (secondary N) is 1. The lowest BCUT2D eigenvalue weighted by atomic mass is 10.2. The van der Waals surface area contributed by atoms with Gasteiger partial charge >= 0.3 is 0 Å². The van der Waals surface area contributed by atoms with E-state index < -0.39 is 5.91 Å². The fraction of sp³-hybridized carbons (Fsp3) is 0.222. The summed E-state index contributed by atoms with van der Waals surface area (Å²) in [5.74, 6) is 1.31. The van der Waals surface area contributed by atoms with Crippen molar-refractivity contribution in [3.8, 4) is 23.0 Å². The maximum atomic E-state index is 12.1. The number of fused-ring (bicyclic) bond motifs is 1. The first-order chi connectivity index (χ1) is 12.0. The third-order valence-corrected chi connectivity index (χ3v) is 3.38. The smallest absolute Gasteiger partial charge is 0.271 e. The number of amides is 1. The summed E-state index contributed by atoms with van der Waals surface area (Å²) in [6.07, 6.45) is 1.37. The molecule has 1 amide bonds. The summed E-state index contributed by atoms with van der Waals surface area (Å²) in [7, 11) is 0. The lowest BCUT2D eigenvalue weighted by Gasteiger charge is -2.10. The Morgan fingerprint density at radius 2 is 2.04 bits per heavy atom. The highest BCUT2D eigenvalue weighted by molar-refractivity contribution is 5.95. The van der Waals surface area contributed by atoms with Gasteiger partial charge in [0, 0.05) is 17.2 Å². The molecule has 0 aromatic heterocycles. The number of hydrogen-bond donors (Lipinski definition) is 2. The number of phenolic OH excluding ortho intramolecular Hbond substituents is 1. The number of nitrogens with zero attached hydrogens (tertiary/aromatic N) is 1. The van der Waals surface area contributed by atoms with Crippen molar-refractivity contribution < 1.29 is 24.1 Å². The van der Waals surface area contributed by atoms with Crippen LogP contribution in [0, 0.1) is 0 Å². The van der Waals surface area contributed by atoms with E-state index in [1.54, 1.807) is 30.3 Å². The molecule has 0 spiro atoms. The van der Waals surface area contributed by atoms with Crippen LogP contribution >= 0.6 is 0 Å². The number of hydrogen-bond acceptors (Lipinski definition) is 6. The minimum absolute atomic E-state index is 0.0132. The lowest BCUT2D eigenvalue weighted by Crippen LogP contribution is -2.17. The van der Waals surface area contributed by atoms with Gasteiger partial charge in [-0.25, -0.2) is 5.43 Å². The minimum atomic E-state index is -0.395. The molecule has 2 N–H and O–H groups in total. The van der Waals surface area contributed by atoms with Crippen LogP contribution in [-0.4, -0.2) is 30.1 Å². The van der Waals surface area contributed by atoms with E-state index in [4.69, 9.17) is 14.2 Å². The summed E-state index contributed by atoms with van der Waals surface area (Å²) in [6.45, 7) is 3.95. The Balaban J connectivity index is 1.63. The van der Waals surface area contributed by atoms with E-state index in [2.05, 4.69) is 10.5 Å². The molecule has 0 radical (unpaired) electrons. The highest BCUT2D eigenvalue weighted by atomic mass is 16.7. The van der Waals surface area contributed by atoms with Crippen molar-refractivity contribution in [2.45, 2.75) is 20.0 Å². The summed E-state index contributed by atoms with van der Waals surface area (Å²) < 4.78 is 15.9. The van der Waals surface area contributed by atoms with Crippen LogP contribution in [0.15, 0.2) is 41.5 Å². The number of phenols is 1. The van der Waals surface area contributed by atoms with Crippen LogP contribution in [0.4, 0.5) is 0 Å². The second-order valence-corrected chi connectivity index (χ2v) is 5.65. The highest BCUT2D eigenvalue weighted by Gasteiger charge is 2.15. The lowest BCUT2D eigenvalue weighted by molar-refractivity contribution is 0.0954. The maximum Gasteiger partial charge on any atom is 0.271 e. The Morgan fingerprint density at radius 1 is 1.24 bits per heavy atom. The summed E-state index contributed by atoms with van der Waals surface area (Å²) >= 11 is 0. The van der Waals surface area contributed by atoms with E-state index in [0.717, 1.165) is 0 Å². The van der Waals surface area contributed by atoms with Crippen LogP contribution in [0.1, 0.15) is 29.8 Å². The number of hydrazone groups is 1. The fourth-order valence-corrected chi connectivity index (χ4v) is 2.24. The molecule has 0 fully saturated rings. The van der Waals surface area contributed by atoms with E-state index in [9.17, 15) is 9.90 Å². The largest absolute Gasteiger partial charge is 0.507 e. The second-order valence-electron chi connectivity index (χ2n) is 5.65. The van der Waals surface area contributed by atoms with Gasteiger partial charge in [0.1, 0.15) is 11.5 Å². The molecule has 0 saturated heterocycles. The summed E-state index contributed by atoms with van der Waals surface area (Å²) in [5.41, 5.74) is 3.26. The molecule has 130 valence electrons. The first kappa shape index (κ1) is 16.6. The van der Waals surface area contributed by atoms with Gasteiger partial charge in [0.15, 0.2) is 11.5 Å². The van der Waals surface area contributed by atoms with Crippen molar-refractivity contribution in [1.29, 1.82) is 0 Å². The average Bonchev–Trinajstić information content (AvgIpc) is 3.03. The van der Waals surface area contributed by atoms with Gasteiger partial charge in [0.2, 0.25) is 6.79 Å². The van der Waals surface area contributed by atoms with Crippen molar-refractivity contribution in [2.75, 3.05) is 6.79 Å². The molecule has 7 nitrogen and oxygen atoms in total.